The van der Waals surface area contributed by atoms with Crippen molar-refractivity contribution in [2.75, 3.05) is 6.54 Å². The molecule has 0 bridgehead atoms. The van der Waals surface area contributed by atoms with E-state index >= 15 is 0 Å². The summed E-state index contributed by atoms with van der Waals surface area (Å²) in [6.07, 6.45) is 3.36. The summed E-state index contributed by atoms with van der Waals surface area (Å²) in [7, 11) is 0. The van der Waals surface area contributed by atoms with E-state index in [1.807, 2.05) is 0 Å². The highest BCUT2D eigenvalue weighted by Gasteiger charge is 2.34. The second-order valence-electron chi connectivity index (χ2n) is 7.81. The van der Waals surface area contributed by atoms with Gasteiger partial charge in [-0.05, 0) is 31.0 Å². The molecule has 1 N–H and O–H groups in total. The van der Waals surface area contributed by atoms with Gasteiger partial charge in [0, 0.05) is 31.3 Å². The summed E-state index contributed by atoms with van der Waals surface area (Å²) in [6.45, 7) is 1.28. The maximum atomic E-state index is 14.0. The molecule has 7 nitrogen and oxygen atoms in total. The lowest BCUT2D eigenvalue weighted by atomic mass is 10.2. The van der Waals surface area contributed by atoms with Gasteiger partial charge >= 0.3 is 0 Å². The SMILES string of the molecule is CC(=O)c1nc(CC(=O)N(CC(=O)NCc2cccc(Cl)c2F)C2CC2)n2ccccc12. The smallest absolute Gasteiger partial charge is 0.239 e. The minimum Gasteiger partial charge on any atom is -0.350 e. The molecular formula is C23H22ClFN4O3. The van der Waals surface area contributed by atoms with Gasteiger partial charge in [0.15, 0.2) is 5.78 Å². The number of ketones is 1. The number of nitrogens with one attached hydrogen (secondary N) is 1. The predicted octanol–water partition coefficient (Wildman–Crippen LogP) is 3.18. The summed E-state index contributed by atoms with van der Waals surface area (Å²) in [6, 6.07) is 9.96. The molecule has 0 radical (unpaired) electrons. The number of carbonyl (C=O) groups excluding carboxylic acids is 3. The van der Waals surface area contributed by atoms with E-state index in [0.29, 0.717) is 17.0 Å². The van der Waals surface area contributed by atoms with Crippen molar-refractivity contribution >= 4 is 34.7 Å². The van der Waals surface area contributed by atoms with Crippen LogP contribution in [0.3, 0.4) is 0 Å². The maximum Gasteiger partial charge on any atom is 0.239 e. The Morgan fingerprint density at radius 3 is 2.72 bits per heavy atom. The lowest BCUT2D eigenvalue weighted by Crippen LogP contribution is -2.42. The number of pyridine rings is 1. The van der Waals surface area contributed by atoms with E-state index in [4.69, 9.17) is 11.6 Å². The number of aromatic nitrogens is 2. The van der Waals surface area contributed by atoms with E-state index in [0.717, 1.165) is 12.8 Å². The number of fused-ring (bicyclic) bond motifs is 1. The van der Waals surface area contributed by atoms with Crippen LogP contribution in [0.25, 0.3) is 5.52 Å². The second kappa shape index (κ2) is 9.08. The number of halogens is 2. The van der Waals surface area contributed by atoms with Crippen LogP contribution in [-0.2, 0) is 22.6 Å². The van der Waals surface area contributed by atoms with E-state index in [2.05, 4.69) is 10.3 Å². The number of amides is 2. The Morgan fingerprint density at radius 1 is 1.22 bits per heavy atom. The van der Waals surface area contributed by atoms with E-state index in [1.165, 1.54) is 17.9 Å². The zero-order valence-electron chi connectivity index (χ0n) is 17.5. The fourth-order valence-electron chi connectivity index (χ4n) is 3.62. The minimum atomic E-state index is -0.572. The van der Waals surface area contributed by atoms with Crippen LogP contribution < -0.4 is 5.32 Å². The Hall–Kier alpha value is -3.26. The zero-order valence-corrected chi connectivity index (χ0v) is 18.2. The van der Waals surface area contributed by atoms with Crippen LogP contribution in [0.1, 0.15) is 41.6 Å². The van der Waals surface area contributed by atoms with Gasteiger partial charge < -0.3 is 14.6 Å². The first-order chi connectivity index (χ1) is 15.3. The predicted molar refractivity (Wildman–Crippen MR) is 117 cm³/mol. The van der Waals surface area contributed by atoms with Gasteiger partial charge in [0.25, 0.3) is 0 Å². The number of imidazole rings is 1. The van der Waals surface area contributed by atoms with Crippen molar-refractivity contribution in [2.24, 2.45) is 0 Å². The van der Waals surface area contributed by atoms with Crippen molar-refractivity contribution in [2.45, 2.75) is 38.8 Å². The molecule has 1 aliphatic carbocycles. The molecule has 9 heteroatoms. The molecule has 3 aromatic rings. The number of carbonyl (C=O) groups is 3. The van der Waals surface area contributed by atoms with Crippen LogP contribution in [-0.4, -0.2) is 44.5 Å². The van der Waals surface area contributed by atoms with E-state index < -0.39 is 5.82 Å². The number of benzene rings is 1. The van der Waals surface area contributed by atoms with E-state index in [1.54, 1.807) is 40.9 Å². The van der Waals surface area contributed by atoms with Gasteiger partial charge in [-0.2, -0.15) is 0 Å². The molecule has 1 aliphatic rings. The van der Waals surface area contributed by atoms with Crippen molar-refractivity contribution in [1.29, 1.82) is 0 Å². The first-order valence-electron chi connectivity index (χ1n) is 10.3. The highest BCUT2D eigenvalue weighted by Crippen LogP contribution is 2.27. The summed E-state index contributed by atoms with van der Waals surface area (Å²) in [5.74, 6) is -0.941. The van der Waals surface area contributed by atoms with Crippen molar-refractivity contribution in [3.8, 4) is 0 Å². The molecule has 0 unspecified atom stereocenters. The number of rotatable bonds is 8. The molecule has 0 spiro atoms. The van der Waals surface area contributed by atoms with Crippen LogP contribution in [0.5, 0.6) is 0 Å². The molecule has 166 valence electrons. The molecule has 0 atom stereocenters. The Labute approximate surface area is 189 Å². The molecule has 2 aromatic heterocycles. The summed E-state index contributed by atoms with van der Waals surface area (Å²) >= 11 is 5.77. The normalized spacial score (nSPS) is 13.2. The van der Waals surface area contributed by atoms with Gasteiger partial charge in [-0.15, -0.1) is 0 Å². The largest absolute Gasteiger partial charge is 0.350 e. The first-order valence-corrected chi connectivity index (χ1v) is 10.7. The van der Waals surface area contributed by atoms with Gasteiger partial charge in [-0.3, -0.25) is 14.4 Å². The summed E-state index contributed by atoms with van der Waals surface area (Å²) in [5, 5.41) is 2.64. The van der Waals surface area contributed by atoms with E-state index in [-0.39, 0.29) is 53.7 Å². The van der Waals surface area contributed by atoms with Gasteiger partial charge in [-0.25, -0.2) is 9.37 Å². The van der Waals surface area contributed by atoms with Gasteiger partial charge in [0.05, 0.1) is 23.5 Å². The molecule has 32 heavy (non-hydrogen) atoms. The Kier molecular flexibility index (Phi) is 6.23. The summed E-state index contributed by atoms with van der Waals surface area (Å²) in [5.41, 5.74) is 1.23. The fraction of sp³-hybridized carbons (Fsp3) is 0.304. The van der Waals surface area contributed by atoms with Crippen LogP contribution in [0.2, 0.25) is 5.02 Å². The molecule has 4 rings (SSSR count). The number of nitrogens with zero attached hydrogens (tertiary/aromatic N) is 3. The molecule has 0 aliphatic heterocycles. The highest BCUT2D eigenvalue weighted by molar-refractivity contribution is 6.30. The third-order valence-electron chi connectivity index (χ3n) is 5.39. The van der Waals surface area contributed by atoms with E-state index in [9.17, 15) is 18.8 Å². The summed E-state index contributed by atoms with van der Waals surface area (Å²) in [4.78, 5) is 43.4. The maximum absolute atomic E-state index is 14.0. The second-order valence-corrected chi connectivity index (χ2v) is 8.22. The first kappa shape index (κ1) is 22.0. The molecule has 1 aromatic carbocycles. The highest BCUT2D eigenvalue weighted by atomic mass is 35.5. The molecular weight excluding hydrogens is 435 g/mol. The Bertz CT molecular complexity index is 1210. The minimum absolute atomic E-state index is 0.00494. The van der Waals surface area contributed by atoms with Gasteiger partial charge in [0.1, 0.15) is 17.3 Å². The molecule has 2 heterocycles. The summed E-state index contributed by atoms with van der Waals surface area (Å²) < 4.78 is 15.8. The topological polar surface area (TPSA) is 83.8 Å². The molecule has 2 amide bonds. The van der Waals surface area contributed by atoms with Crippen molar-refractivity contribution in [1.82, 2.24) is 19.6 Å². The van der Waals surface area contributed by atoms with Crippen LogP contribution >= 0.6 is 11.6 Å². The van der Waals surface area contributed by atoms with Gasteiger partial charge in [0.2, 0.25) is 11.8 Å². The Balaban J connectivity index is 1.45. The van der Waals surface area contributed by atoms with Gasteiger partial charge in [-0.1, -0.05) is 29.8 Å². The zero-order chi connectivity index (χ0) is 22.8. The lowest BCUT2D eigenvalue weighted by molar-refractivity contribution is -0.136. The molecule has 0 saturated heterocycles. The molecule has 1 saturated carbocycles. The lowest BCUT2D eigenvalue weighted by Gasteiger charge is -2.22. The average Bonchev–Trinajstić information content (AvgIpc) is 3.54. The van der Waals surface area contributed by atoms with Crippen LogP contribution in [0, 0.1) is 5.82 Å². The number of Topliss-reactive ketones (excluding diaryl/α,β-unsaturated/α-hetero) is 1. The van der Waals surface area contributed by atoms with Crippen LogP contribution in [0.4, 0.5) is 4.39 Å². The standard InChI is InChI=1S/C23H22ClFN4O3/c1-14(30)23-18-7-2-3-10-28(18)19(27-23)11-21(32)29(16-8-9-16)13-20(31)26-12-15-5-4-6-17(24)22(15)25/h2-7,10,16H,8-9,11-13H2,1H3,(H,26,31). The number of hydrogen-bond donors (Lipinski definition) is 1. The fourth-order valence-corrected chi connectivity index (χ4v) is 3.81. The van der Waals surface area contributed by atoms with Crippen molar-refractivity contribution in [3.63, 3.8) is 0 Å². The third-order valence-corrected chi connectivity index (χ3v) is 5.69. The molecule has 1 fully saturated rings. The quantitative estimate of drug-likeness (QED) is 0.528. The van der Waals surface area contributed by atoms with Crippen molar-refractivity contribution in [3.05, 3.63) is 70.5 Å². The van der Waals surface area contributed by atoms with Crippen molar-refractivity contribution < 1.29 is 18.8 Å². The third kappa shape index (κ3) is 4.65. The Morgan fingerprint density at radius 2 is 2.00 bits per heavy atom. The van der Waals surface area contributed by atoms with Crippen LogP contribution in [0.15, 0.2) is 42.6 Å². The number of hydrogen-bond acceptors (Lipinski definition) is 4. The average molecular weight is 457 g/mol. The monoisotopic (exact) mass is 456 g/mol.